The quantitative estimate of drug-likeness (QED) is 0.283. The van der Waals surface area contributed by atoms with Gasteiger partial charge < -0.3 is 4.42 Å². The fourth-order valence-electron chi connectivity index (χ4n) is 5.70. The molecular weight excluding hydrogens is 404 g/mol. The van der Waals surface area contributed by atoms with Crippen LogP contribution in [0.5, 0.6) is 0 Å². The van der Waals surface area contributed by atoms with E-state index in [0.29, 0.717) is 5.92 Å². The zero-order chi connectivity index (χ0) is 23.1. The third-order valence-corrected chi connectivity index (χ3v) is 7.36. The van der Waals surface area contributed by atoms with Crippen molar-refractivity contribution in [3.05, 3.63) is 82.8 Å². The summed E-state index contributed by atoms with van der Waals surface area (Å²) in [6.45, 7) is 13.2. The summed E-state index contributed by atoms with van der Waals surface area (Å²) in [7, 11) is 0. The van der Waals surface area contributed by atoms with Gasteiger partial charge in [0.25, 0.3) is 0 Å². The van der Waals surface area contributed by atoms with Crippen LogP contribution in [0.4, 0.5) is 0 Å². The molecule has 5 aromatic rings. The molecule has 0 atom stereocenters. The minimum atomic E-state index is -0.221. The molecule has 3 aromatic heterocycles. The fraction of sp³-hybridized carbons (Fsp3) is 0.267. The molecule has 0 saturated carbocycles. The summed E-state index contributed by atoms with van der Waals surface area (Å²) in [5.74, 6) is 0.442. The van der Waals surface area contributed by atoms with Crippen LogP contribution in [0.25, 0.3) is 44.3 Å². The Hall–Kier alpha value is -3.46. The molecule has 164 valence electrons. The van der Waals surface area contributed by atoms with E-state index in [1.807, 2.05) is 18.5 Å². The van der Waals surface area contributed by atoms with Crippen LogP contribution in [0.2, 0.25) is 0 Å². The van der Waals surface area contributed by atoms with Gasteiger partial charge in [-0.25, -0.2) is 0 Å². The molecule has 0 aliphatic heterocycles. The molecular formula is C30H28N2O. The molecule has 3 nitrogen and oxygen atoms in total. The Bertz CT molecular complexity index is 1590. The van der Waals surface area contributed by atoms with Gasteiger partial charge in [-0.1, -0.05) is 38.1 Å². The standard InChI is InChI=1S/C30H28N2O/c1-16(2)23-14-24(32-15-18(23)4)25-17(3)9-10-20-21-12-11-19-22-8-7-13-31-29(22)30(5,6)26(19)28(21)33-27(20)25/h7-16H,1-6H3. The summed E-state index contributed by atoms with van der Waals surface area (Å²) in [5.41, 5.74) is 12.2. The molecule has 3 heterocycles. The summed E-state index contributed by atoms with van der Waals surface area (Å²) in [6.07, 6.45) is 3.88. The molecule has 2 aromatic carbocycles. The lowest BCUT2D eigenvalue weighted by atomic mass is 9.84. The lowest BCUT2D eigenvalue weighted by molar-refractivity contribution is 0.608. The molecule has 6 rings (SSSR count). The van der Waals surface area contributed by atoms with Gasteiger partial charge in [-0.15, -0.1) is 0 Å². The summed E-state index contributed by atoms with van der Waals surface area (Å²) in [5, 5.41) is 2.30. The Balaban J connectivity index is 1.69. The molecule has 3 heteroatoms. The van der Waals surface area contributed by atoms with E-state index in [2.05, 4.69) is 77.9 Å². The lowest BCUT2D eigenvalue weighted by Crippen LogP contribution is -2.16. The van der Waals surface area contributed by atoms with Crippen molar-refractivity contribution >= 4 is 21.9 Å². The first-order valence-corrected chi connectivity index (χ1v) is 11.7. The van der Waals surface area contributed by atoms with Crippen LogP contribution in [0, 0.1) is 13.8 Å². The summed E-state index contributed by atoms with van der Waals surface area (Å²) in [4.78, 5) is 9.59. The second-order valence-electron chi connectivity index (χ2n) is 10.2. The van der Waals surface area contributed by atoms with E-state index in [9.17, 15) is 0 Å². The largest absolute Gasteiger partial charge is 0.455 e. The zero-order valence-corrected chi connectivity index (χ0v) is 20.1. The number of nitrogens with zero attached hydrogens (tertiary/aromatic N) is 2. The molecule has 0 fully saturated rings. The van der Waals surface area contributed by atoms with Crippen molar-refractivity contribution in [3.63, 3.8) is 0 Å². The first-order chi connectivity index (χ1) is 15.8. The summed E-state index contributed by atoms with van der Waals surface area (Å²) < 4.78 is 6.79. The number of aromatic nitrogens is 2. The van der Waals surface area contributed by atoms with Crippen LogP contribution in [-0.2, 0) is 5.41 Å². The molecule has 0 amide bonds. The number of pyridine rings is 2. The van der Waals surface area contributed by atoms with Crippen molar-refractivity contribution in [2.24, 2.45) is 0 Å². The van der Waals surface area contributed by atoms with Crippen molar-refractivity contribution in [1.29, 1.82) is 0 Å². The second kappa shape index (κ2) is 6.77. The Morgan fingerprint density at radius 1 is 0.848 bits per heavy atom. The number of aryl methyl sites for hydroxylation is 2. The van der Waals surface area contributed by atoms with E-state index >= 15 is 0 Å². The molecule has 0 radical (unpaired) electrons. The van der Waals surface area contributed by atoms with Crippen LogP contribution < -0.4 is 0 Å². The summed E-state index contributed by atoms with van der Waals surface area (Å²) >= 11 is 0. The number of rotatable bonds is 2. The van der Waals surface area contributed by atoms with Crippen LogP contribution in [0.15, 0.2) is 59.3 Å². The average Bonchev–Trinajstić information content (AvgIpc) is 3.27. The highest BCUT2D eigenvalue weighted by Gasteiger charge is 2.39. The molecule has 0 saturated heterocycles. The SMILES string of the molecule is Cc1cnc(-c2c(C)ccc3c2oc2c4c(ccc23)-c2cccnc2C4(C)C)cc1C(C)C. The third kappa shape index (κ3) is 2.68. The highest BCUT2D eigenvalue weighted by molar-refractivity contribution is 6.12. The predicted octanol–water partition coefficient (Wildman–Crippen LogP) is 8.09. The highest BCUT2D eigenvalue weighted by atomic mass is 16.3. The van der Waals surface area contributed by atoms with Crippen molar-refractivity contribution in [3.8, 4) is 22.4 Å². The number of fused-ring (bicyclic) bond motifs is 7. The predicted molar refractivity (Wildman–Crippen MR) is 136 cm³/mol. The molecule has 33 heavy (non-hydrogen) atoms. The highest BCUT2D eigenvalue weighted by Crippen LogP contribution is 2.52. The Kier molecular flexibility index (Phi) is 4.14. The van der Waals surface area contributed by atoms with Gasteiger partial charge in [0.05, 0.1) is 11.4 Å². The Morgan fingerprint density at radius 2 is 1.61 bits per heavy atom. The second-order valence-corrected chi connectivity index (χ2v) is 10.2. The first-order valence-electron chi connectivity index (χ1n) is 11.7. The minimum absolute atomic E-state index is 0.221. The van der Waals surface area contributed by atoms with Crippen LogP contribution in [0.1, 0.15) is 61.6 Å². The van der Waals surface area contributed by atoms with E-state index in [0.717, 1.165) is 38.9 Å². The number of hydrogen-bond donors (Lipinski definition) is 0. The maximum Gasteiger partial charge on any atom is 0.145 e. The van der Waals surface area contributed by atoms with Crippen molar-refractivity contribution in [1.82, 2.24) is 9.97 Å². The molecule has 0 unspecified atom stereocenters. The van der Waals surface area contributed by atoms with Gasteiger partial charge in [0.15, 0.2) is 0 Å². The van der Waals surface area contributed by atoms with Crippen molar-refractivity contribution in [2.75, 3.05) is 0 Å². The van der Waals surface area contributed by atoms with Crippen LogP contribution in [0.3, 0.4) is 0 Å². The third-order valence-electron chi connectivity index (χ3n) is 7.36. The summed E-state index contributed by atoms with van der Waals surface area (Å²) in [6, 6.07) is 15.3. The van der Waals surface area contributed by atoms with E-state index < -0.39 is 0 Å². The van der Waals surface area contributed by atoms with E-state index in [4.69, 9.17) is 14.4 Å². The topological polar surface area (TPSA) is 38.9 Å². The normalized spacial score (nSPS) is 14.3. The van der Waals surface area contributed by atoms with Gasteiger partial charge in [-0.2, -0.15) is 0 Å². The Morgan fingerprint density at radius 3 is 2.39 bits per heavy atom. The fourth-order valence-corrected chi connectivity index (χ4v) is 5.70. The maximum absolute atomic E-state index is 6.79. The first kappa shape index (κ1) is 20.2. The number of benzene rings is 2. The van der Waals surface area contributed by atoms with Crippen molar-refractivity contribution < 1.29 is 4.42 Å². The van der Waals surface area contributed by atoms with Gasteiger partial charge in [-0.3, -0.25) is 9.97 Å². The van der Waals surface area contributed by atoms with E-state index in [1.165, 1.54) is 33.4 Å². The molecule has 0 spiro atoms. The maximum atomic E-state index is 6.79. The van der Waals surface area contributed by atoms with Crippen LogP contribution >= 0.6 is 0 Å². The molecule has 0 N–H and O–H groups in total. The lowest BCUT2D eigenvalue weighted by Gasteiger charge is -2.20. The average molecular weight is 433 g/mol. The minimum Gasteiger partial charge on any atom is -0.455 e. The van der Waals surface area contributed by atoms with E-state index in [-0.39, 0.29) is 5.41 Å². The molecule has 1 aliphatic rings. The van der Waals surface area contributed by atoms with Crippen LogP contribution in [-0.4, -0.2) is 9.97 Å². The monoisotopic (exact) mass is 432 g/mol. The van der Waals surface area contributed by atoms with Gasteiger partial charge in [0.1, 0.15) is 11.2 Å². The van der Waals surface area contributed by atoms with Gasteiger partial charge >= 0.3 is 0 Å². The smallest absolute Gasteiger partial charge is 0.145 e. The van der Waals surface area contributed by atoms with E-state index in [1.54, 1.807) is 0 Å². The van der Waals surface area contributed by atoms with Crippen molar-refractivity contribution in [2.45, 2.75) is 52.9 Å². The Labute approximate surface area is 194 Å². The molecule has 0 bridgehead atoms. The van der Waals surface area contributed by atoms with Gasteiger partial charge in [0.2, 0.25) is 0 Å². The number of furan rings is 1. The van der Waals surface area contributed by atoms with Gasteiger partial charge in [-0.05, 0) is 74.1 Å². The zero-order valence-electron chi connectivity index (χ0n) is 20.1. The van der Waals surface area contributed by atoms with Gasteiger partial charge in [0, 0.05) is 45.3 Å². The molecule has 1 aliphatic carbocycles. The number of hydrogen-bond acceptors (Lipinski definition) is 3.